The zero-order chi connectivity index (χ0) is 12.1. The molecule has 2 unspecified atom stereocenters. The van der Waals surface area contributed by atoms with Gasteiger partial charge in [-0.05, 0) is 52.0 Å². The van der Waals surface area contributed by atoms with Crippen LogP contribution in [-0.2, 0) is 4.74 Å². The highest BCUT2D eigenvalue weighted by Gasteiger charge is 2.23. The third-order valence-corrected chi connectivity index (χ3v) is 4.39. The number of ether oxygens (including phenoxy) is 1. The van der Waals surface area contributed by atoms with Gasteiger partial charge < -0.3 is 10.1 Å². The van der Waals surface area contributed by atoms with Crippen LogP contribution >= 0.6 is 0 Å². The Balaban J connectivity index is 1.54. The summed E-state index contributed by atoms with van der Waals surface area (Å²) in [6.45, 7) is 5.60. The highest BCUT2D eigenvalue weighted by molar-refractivity contribution is 4.78. The van der Waals surface area contributed by atoms with Crippen molar-refractivity contribution in [2.75, 3.05) is 6.54 Å². The lowest BCUT2D eigenvalue weighted by molar-refractivity contribution is -0.0420. The van der Waals surface area contributed by atoms with Crippen LogP contribution in [0.1, 0.15) is 65.2 Å². The Bertz CT molecular complexity index is 203. The second-order valence-corrected chi connectivity index (χ2v) is 6.17. The standard InChI is InChI=1S/C15H29NO/c1-12-10-15(11-13(2)17-12)16-9-5-8-14-6-3-4-7-14/h12-16H,3-11H2,1-2H3. The van der Waals surface area contributed by atoms with Crippen LogP contribution in [0.4, 0.5) is 0 Å². The van der Waals surface area contributed by atoms with Crippen molar-refractivity contribution in [3.8, 4) is 0 Å². The first-order valence-electron chi connectivity index (χ1n) is 7.63. The molecule has 1 aliphatic carbocycles. The summed E-state index contributed by atoms with van der Waals surface area (Å²) in [6, 6.07) is 0.692. The lowest BCUT2D eigenvalue weighted by atomic mass is 9.99. The maximum atomic E-state index is 5.76. The van der Waals surface area contributed by atoms with Crippen molar-refractivity contribution in [3.63, 3.8) is 0 Å². The van der Waals surface area contributed by atoms with E-state index < -0.39 is 0 Å². The average molecular weight is 239 g/mol. The summed E-state index contributed by atoms with van der Waals surface area (Å²) in [7, 11) is 0. The summed E-state index contributed by atoms with van der Waals surface area (Å²) >= 11 is 0. The molecular formula is C15H29NO. The van der Waals surface area contributed by atoms with Crippen molar-refractivity contribution >= 4 is 0 Å². The van der Waals surface area contributed by atoms with Crippen LogP contribution in [0.2, 0.25) is 0 Å². The largest absolute Gasteiger partial charge is 0.375 e. The summed E-state index contributed by atoms with van der Waals surface area (Å²) in [4.78, 5) is 0. The third-order valence-electron chi connectivity index (χ3n) is 4.39. The first-order chi connectivity index (χ1) is 8.24. The first kappa shape index (κ1) is 13.4. The molecule has 0 aromatic carbocycles. The Morgan fingerprint density at radius 2 is 1.71 bits per heavy atom. The fraction of sp³-hybridized carbons (Fsp3) is 1.00. The van der Waals surface area contributed by atoms with E-state index in [0.717, 1.165) is 5.92 Å². The van der Waals surface area contributed by atoms with Crippen molar-refractivity contribution in [1.29, 1.82) is 0 Å². The molecular weight excluding hydrogens is 210 g/mol. The van der Waals surface area contributed by atoms with Crippen LogP contribution in [0.25, 0.3) is 0 Å². The Morgan fingerprint density at radius 1 is 1.06 bits per heavy atom. The quantitative estimate of drug-likeness (QED) is 0.741. The second-order valence-electron chi connectivity index (χ2n) is 6.17. The average Bonchev–Trinajstić information content (AvgIpc) is 2.76. The SMILES string of the molecule is CC1CC(NCCCC2CCCC2)CC(C)O1. The molecule has 0 radical (unpaired) electrons. The van der Waals surface area contributed by atoms with Crippen LogP contribution in [0.5, 0.6) is 0 Å². The van der Waals surface area contributed by atoms with E-state index in [2.05, 4.69) is 19.2 Å². The molecule has 0 amide bonds. The van der Waals surface area contributed by atoms with Crippen LogP contribution in [0.3, 0.4) is 0 Å². The zero-order valence-electron chi connectivity index (χ0n) is 11.6. The molecule has 2 fully saturated rings. The molecule has 0 spiro atoms. The van der Waals surface area contributed by atoms with Gasteiger partial charge in [0.05, 0.1) is 12.2 Å². The van der Waals surface area contributed by atoms with Crippen molar-refractivity contribution < 1.29 is 4.74 Å². The highest BCUT2D eigenvalue weighted by Crippen LogP contribution is 2.28. The lowest BCUT2D eigenvalue weighted by Crippen LogP contribution is -2.41. The number of rotatable bonds is 5. The fourth-order valence-electron chi connectivity index (χ4n) is 3.57. The van der Waals surface area contributed by atoms with Gasteiger partial charge in [0.25, 0.3) is 0 Å². The summed E-state index contributed by atoms with van der Waals surface area (Å²) in [6.07, 6.45) is 12.0. The minimum Gasteiger partial charge on any atom is -0.375 e. The summed E-state index contributed by atoms with van der Waals surface area (Å²) in [5.74, 6) is 1.05. The van der Waals surface area contributed by atoms with Gasteiger partial charge in [0, 0.05) is 6.04 Å². The van der Waals surface area contributed by atoms with Crippen molar-refractivity contribution in [2.45, 2.75) is 83.5 Å². The van der Waals surface area contributed by atoms with E-state index in [1.165, 1.54) is 57.9 Å². The van der Waals surface area contributed by atoms with Gasteiger partial charge in [0.15, 0.2) is 0 Å². The minimum atomic E-state index is 0.436. The Hall–Kier alpha value is -0.0800. The Morgan fingerprint density at radius 3 is 2.35 bits per heavy atom. The van der Waals surface area contributed by atoms with E-state index in [-0.39, 0.29) is 0 Å². The predicted molar refractivity (Wildman–Crippen MR) is 72.2 cm³/mol. The van der Waals surface area contributed by atoms with E-state index in [0.29, 0.717) is 18.2 Å². The van der Waals surface area contributed by atoms with Gasteiger partial charge in [-0.2, -0.15) is 0 Å². The third kappa shape index (κ3) is 4.59. The van der Waals surface area contributed by atoms with Crippen molar-refractivity contribution in [3.05, 3.63) is 0 Å². The Labute approximate surface area is 107 Å². The second kappa shape index (κ2) is 6.75. The predicted octanol–water partition coefficient (Wildman–Crippen LogP) is 3.50. The van der Waals surface area contributed by atoms with E-state index in [1.807, 2.05) is 0 Å². The molecule has 17 heavy (non-hydrogen) atoms. The molecule has 1 heterocycles. The molecule has 2 nitrogen and oxygen atoms in total. The van der Waals surface area contributed by atoms with Gasteiger partial charge in [-0.15, -0.1) is 0 Å². The molecule has 1 aliphatic heterocycles. The molecule has 2 heteroatoms. The Kier molecular flexibility index (Phi) is 5.30. The topological polar surface area (TPSA) is 21.3 Å². The lowest BCUT2D eigenvalue weighted by Gasteiger charge is -2.32. The number of hydrogen-bond donors (Lipinski definition) is 1. The van der Waals surface area contributed by atoms with E-state index in [9.17, 15) is 0 Å². The molecule has 0 aromatic rings. The van der Waals surface area contributed by atoms with Gasteiger partial charge in [0.2, 0.25) is 0 Å². The molecule has 2 rings (SSSR count). The molecule has 2 aliphatic rings. The highest BCUT2D eigenvalue weighted by atomic mass is 16.5. The van der Waals surface area contributed by atoms with Gasteiger partial charge in [-0.25, -0.2) is 0 Å². The van der Waals surface area contributed by atoms with E-state index in [4.69, 9.17) is 4.74 Å². The maximum Gasteiger partial charge on any atom is 0.0565 e. The normalized spacial score (nSPS) is 35.3. The van der Waals surface area contributed by atoms with Gasteiger partial charge in [-0.1, -0.05) is 25.7 Å². The molecule has 0 bridgehead atoms. The van der Waals surface area contributed by atoms with E-state index in [1.54, 1.807) is 0 Å². The fourth-order valence-corrected chi connectivity index (χ4v) is 3.57. The number of nitrogens with one attached hydrogen (secondary N) is 1. The molecule has 1 saturated carbocycles. The summed E-state index contributed by atoms with van der Waals surface area (Å²) < 4.78 is 5.76. The molecule has 1 N–H and O–H groups in total. The first-order valence-corrected chi connectivity index (χ1v) is 7.63. The molecule has 1 saturated heterocycles. The van der Waals surface area contributed by atoms with Crippen molar-refractivity contribution in [2.24, 2.45) is 5.92 Å². The van der Waals surface area contributed by atoms with Gasteiger partial charge in [0.1, 0.15) is 0 Å². The minimum absolute atomic E-state index is 0.436. The smallest absolute Gasteiger partial charge is 0.0565 e. The summed E-state index contributed by atoms with van der Waals surface area (Å²) in [5.41, 5.74) is 0. The summed E-state index contributed by atoms with van der Waals surface area (Å²) in [5, 5.41) is 3.73. The van der Waals surface area contributed by atoms with Gasteiger partial charge >= 0.3 is 0 Å². The van der Waals surface area contributed by atoms with Gasteiger partial charge in [-0.3, -0.25) is 0 Å². The van der Waals surface area contributed by atoms with Crippen molar-refractivity contribution in [1.82, 2.24) is 5.32 Å². The molecule has 2 atom stereocenters. The maximum absolute atomic E-state index is 5.76. The zero-order valence-corrected chi connectivity index (χ0v) is 11.6. The molecule has 100 valence electrons. The number of hydrogen-bond acceptors (Lipinski definition) is 2. The van der Waals surface area contributed by atoms with Crippen LogP contribution < -0.4 is 5.32 Å². The van der Waals surface area contributed by atoms with Crippen LogP contribution in [-0.4, -0.2) is 24.8 Å². The van der Waals surface area contributed by atoms with E-state index >= 15 is 0 Å². The van der Waals surface area contributed by atoms with Crippen LogP contribution in [0, 0.1) is 5.92 Å². The molecule has 0 aromatic heterocycles. The monoisotopic (exact) mass is 239 g/mol. The van der Waals surface area contributed by atoms with Crippen LogP contribution in [0.15, 0.2) is 0 Å².